The van der Waals surface area contributed by atoms with Gasteiger partial charge in [0.25, 0.3) is 0 Å². The quantitative estimate of drug-likeness (QED) is 0.524. The van der Waals surface area contributed by atoms with Gasteiger partial charge in [0, 0.05) is 0 Å². The molecule has 0 aromatic carbocycles. The van der Waals surface area contributed by atoms with Crippen LogP contribution in [0.4, 0.5) is 11.5 Å². The number of hydrogen-bond acceptors (Lipinski definition) is 4. The summed E-state index contributed by atoms with van der Waals surface area (Å²) in [7, 11) is 0. The number of carboxylic acid groups (broad SMARTS) is 1. The van der Waals surface area contributed by atoms with Crippen LogP contribution in [0.2, 0.25) is 0 Å². The van der Waals surface area contributed by atoms with E-state index in [-0.39, 0.29) is 17.1 Å². The molecule has 0 saturated heterocycles. The zero-order valence-electron chi connectivity index (χ0n) is 5.61. The molecule has 5 N–H and O–H groups in total. The Hall–Kier alpha value is -1.78. The molecule has 0 aliphatic carbocycles. The van der Waals surface area contributed by atoms with E-state index in [0.29, 0.717) is 0 Å². The van der Waals surface area contributed by atoms with Crippen LogP contribution in [0.3, 0.4) is 0 Å². The second-order valence-corrected chi connectivity index (χ2v) is 2.01. The van der Waals surface area contributed by atoms with Crippen molar-refractivity contribution in [3.63, 3.8) is 0 Å². The van der Waals surface area contributed by atoms with Gasteiger partial charge in [-0.2, -0.15) is 0 Å². The third-order valence-electron chi connectivity index (χ3n) is 1.17. The average Bonchev–Trinajstić information content (AvgIpc) is 1.94. The second kappa shape index (κ2) is 2.45. The Bertz CT molecular complexity index is 298. The maximum Gasteiger partial charge on any atom is 0.339 e. The lowest BCUT2D eigenvalue weighted by atomic mass is 10.2. The van der Waals surface area contributed by atoms with Crippen LogP contribution in [0.1, 0.15) is 10.4 Å². The number of aromatic carboxylic acids is 1. The van der Waals surface area contributed by atoms with Crippen molar-refractivity contribution in [3.05, 3.63) is 17.8 Å². The molecule has 1 heterocycles. The first-order valence-corrected chi connectivity index (χ1v) is 2.85. The Kier molecular flexibility index (Phi) is 1.63. The molecule has 0 amide bonds. The monoisotopic (exact) mass is 153 g/mol. The Morgan fingerprint density at radius 2 is 2.18 bits per heavy atom. The Balaban J connectivity index is 3.23. The summed E-state index contributed by atoms with van der Waals surface area (Å²) in [6.45, 7) is 0. The third-order valence-corrected chi connectivity index (χ3v) is 1.17. The molecular formula is C6H7N3O2. The van der Waals surface area contributed by atoms with Crippen LogP contribution in [0.25, 0.3) is 0 Å². The van der Waals surface area contributed by atoms with Crippen LogP contribution < -0.4 is 11.5 Å². The maximum atomic E-state index is 10.4. The number of anilines is 2. The summed E-state index contributed by atoms with van der Waals surface area (Å²) in [5.41, 5.74) is 10.8. The van der Waals surface area contributed by atoms with Crippen molar-refractivity contribution in [2.24, 2.45) is 0 Å². The highest BCUT2D eigenvalue weighted by Gasteiger charge is 2.07. The third kappa shape index (κ3) is 1.37. The molecule has 0 spiro atoms. The number of nitrogens with zero attached hydrogens (tertiary/aromatic N) is 1. The lowest BCUT2D eigenvalue weighted by Crippen LogP contribution is -2.05. The molecule has 5 nitrogen and oxygen atoms in total. The van der Waals surface area contributed by atoms with E-state index in [0.717, 1.165) is 0 Å². The van der Waals surface area contributed by atoms with Crippen LogP contribution in [0.5, 0.6) is 0 Å². The number of carbonyl (C=O) groups is 1. The molecule has 0 aliphatic heterocycles. The molecule has 0 saturated carbocycles. The zero-order chi connectivity index (χ0) is 8.43. The summed E-state index contributed by atoms with van der Waals surface area (Å²) < 4.78 is 0. The van der Waals surface area contributed by atoms with Gasteiger partial charge in [0.2, 0.25) is 0 Å². The van der Waals surface area contributed by atoms with Gasteiger partial charge < -0.3 is 16.6 Å². The van der Waals surface area contributed by atoms with Crippen molar-refractivity contribution in [1.29, 1.82) is 0 Å². The van der Waals surface area contributed by atoms with Crippen LogP contribution in [0.15, 0.2) is 12.3 Å². The van der Waals surface area contributed by atoms with Crippen molar-refractivity contribution in [2.45, 2.75) is 0 Å². The topological polar surface area (TPSA) is 102 Å². The summed E-state index contributed by atoms with van der Waals surface area (Å²) in [4.78, 5) is 14.0. The van der Waals surface area contributed by atoms with E-state index in [9.17, 15) is 4.79 Å². The molecule has 58 valence electrons. The van der Waals surface area contributed by atoms with Crippen LogP contribution >= 0.6 is 0 Å². The first-order chi connectivity index (χ1) is 5.11. The van der Waals surface area contributed by atoms with E-state index < -0.39 is 5.97 Å². The zero-order valence-corrected chi connectivity index (χ0v) is 5.61. The van der Waals surface area contributed by atoms with Gasteiger partial charge in [0.15, 0.2) is 0 Å². The first-order valence-electron chi connectivity index (χ1n) is 2.85. The fourth-order valence-corrected chi connectivity index (χ4v) is 0.663. The van der Waals surface area contributed by atoms with E-state index >= 15 is 0 Å². The molecule has 11 heavy (non-hydrogen) atoms. The fraction of sp³-hybridized carbons (Fsp3) is 0. The molecule has 0 bridgehead atoms. The first kappa shape index (κ1) is 7.33. The smallest absolute Gasteiger partial charge is 0.339 e. The number of nitrogen functional groups attached to an aromatic ring is 2. The standard InChI is InChI=1S/C6H7N3O2/c7-3-1-4(6(10)11)5(8)9-2-3/h1-2H,7H2,(H2,8,9)(H,10,11). The SMILES string of the molecule is Nc1cnc(N)c(C(=O)O)c1. The Labute approximate surface area is 62.7 Å². The predicted molar refractivity (Wildman–Crippen MR) is 40.0 cm³/mol. The summed E-state index contributed by atoms with van der Waals surface area (Å²) in [6, 6.07) is 1.27. The van der Waals surface area contributed by atoms with Crippen LogP contribution in [0, 0.1) is 0 Å². The van der Waals surface area contributed by atoms with Crippen molar-refractivity contribution < 1.29 is 9.90 Å². The number of aromatic nitrogens is 1. The molecule has 0 fully saturated rings. The van der Waals surface area contributed by atoms with Crippen molar-refractivity contribution in [2.75, 3.05) is 11.5 Å². The van der Waals surface area contributed by atoms with Crippen LogP contribution in [-0.4, -0.2) is 16.1 Å². The molecule has 0 radical (unpaired) electrons. The number of rotatable bonds is 1. The van der Waals surface area contributed by atoms with E-state index in [2.05, 4.69) is 4.98 Å². The Morgan fingerprint density at radius 3 is 2.64 bits per heavy atom. The second-order valence-electron chi connectivity index (χ2n) is 2.01. The van der Waals surface area contributed by atoms with Gasteiger partial charge in [-0.3, -0.25) is 0 Å². The highest BCUT2D eigenvalue weighted by molar-refractivity contribution is 5.93. The molecule has 1 rings (SSSR count). The highest BCUT2D eigenvalue weighted by atomic mass is 16.4. The van der Waals surface area contributed by atoms with E-state index in [1.54, 1.807) is 0 Å². The minimum Gasteiger partial charge on any atom is -0.478 e. The normalized spacial score (nSPS) is 9.45. The van der Waals surface area contributed by atoms with Gasteiger partial charge in [-0.1, -0.05) is 0 Å². The van der Waals surface area contributed by atoms with Crippen molar-refractivity contribution >= 4 is 17.5 Å². The molecule has 5 heteroatoms. The van der Waals surface area contributed by atoms with Crippen LogP contribution in [-0.2, 0) is 0 Å². The lowest BCUT2D eigenvalue weighted by Gasteiger charge is -1.98. The largest absolute Gasteiger partial charge is 0.478 e. The van der Waals surface area contributed by atoms with E-state index in [1.165, 1.54) is 12.3 Å². The molecule has 1 aromatic heterocycles. The van der Waals surface area contributed by atoms with Gasteiger partial charge in [-0.25, -0.2) is 9.78 Å². The molecular weight excluding hydrogens is 146 g/mol. The molecule has 0 unspecified atom stereocenters. The van der Waals surface area contributed by atoms with Gasteiger partial charge in [0.1, 0.15) is 11.4 Å². The highest BCUT2D eigenvalue weighted by Crippen LogP contribution is 2.11. The number of carboxylic acids is 1. The van der Waals surface area contributed by atoms with E-state index in [4.69, 9.17) is 16.6 Å². The van der Waals surface area contributed by atoms with Gasteiger partial charge in [0.05, 0.1) is 11.9 Å². The summed E-state index contributed by atoms with van der Waals surface area (Å²) in [6.07, 6.45) is 1.31. The summed E-state index contributed by atoms with van der Waals surface area (Å²) >= 11 is 0. The fourth-order valence-electron chi connectivity index (χ4n) is 0.663. The minimum atomic E-state index is -1.12. The van der Waals surface area contributed by atoms with Crippen molar-refractivity contribution in [1.82, 2.24) is 4.98 Å². The number of nitrogens with two attached hydrogens (primary N) is 2. The predicted octanol–water partition coefficient (Wildman–Crippen LogP) is -0.0558. The average molecular weight is 153 g/mol. The number of pyridine rings is 1. The number of hydrogen-bond donors (Lipinski definition) is 3. The minimum absolute atomic E-state index is 0.0216. The summed E-state index contributed by atoms with van der Waals surface area (Å²) in [5, 5.41) is 8.51. The van der Waals surface area contributed by atoms with Gasteiger partial charge >= 0.3 is 5.97 Å². The molecule has 0 aliphatic rings. The molecule has 1 aromatic rings. The van der Waals surface area contributed by atoms with Gasteiger partial charge in [-0.05, 0) is 6.07 Å². The summed E-state index contributed by atoms with van der Waals surface area (Å²) in [5.74, 6) is -1.14. The van der Waals surface area contributed by atoms with Crippen molar-refractivity contribution in [3.8, 4) is 0 Å². The molecule has 0 atom stereocenters. The maximum absolute atomic E-state index is 10.4. The lowest BCUT2D eigenvalue weighted by molar-refractivity contribution is 0.0698. The van der Waals surface area contributed by atoms with Gasteiger partial charge in [-0.15, -0.1) is 0 Å². The van der Waals surface area contributed by atoms with E-state index in [1.807, 2.05) is 0 Å². The Morgan fingerprint density at radius 1 is 1.55 bits per heavy atom.